The fourth-order valence-corrected chi connectivity index (χ4v) is 3.31. The first-order valence-electron chi connectivity index (χ1n) is 7.06. The van der Waals surface area contributed by atoms with E-state index in [4.69, 9.17) is 11.5 Å². The van der Waals surface area contributed by atoms with E-state index in [1.54, 1.807) is 11.3 Å². The fraction of sp³-hybridized carbons (Fsp3) is 0.769. The van der Waals surface area contributed by atoms with Gasteiger partial charge in [0, 0.05) is 37.3 Å². The number of thiazole rings is 1. The van der Waals surface area contributed by atoms with Crippen LogP contribution in [-0.4, -0.2) is 48.6 Å². The molecule has 0 aromatic carbocycles. The van der Waals surface area contributed by atoms with E-state index in [-0.39, 0.29) is 0 Å². The van der Waals surface area contributed by atoms with Crippen molar-refractivity contribution >= 4 is 11.3 Å². The van der Waals surface area contributed by atoms with Gasteiger partial charge in [-0.3, -0.25) is 4.90 Å². The predicted molar refractivity (Wildman–Crippen MR) is 80.0 cm³/mol. The van der Waals surface area contributed by atoms with Gasteiger partial charge in [-0.05, 0) is 38.4 Å². The van der Waals surface area contributed by atoms with Gasteiger partial charge in [-0.1, -0.05) is 0 Å². The van der Waals surface area contributed by atoms with Gasteiger partial charge in [-0.15, -0.1) is 11.3 Å². The maximum absolute atomic E-state index is 5.81. The molecule has 0 radical (unpaired) electrons. The third-order valence-electron chi connectivity index (χ3n) is 3.74. The Hall–Kier alpha value is -0.530. The van der Waals surface area contributed by atoms with Crippen LogP contribution in [0.2, 0.25) is 0 Å². The molecule has 108 valence electrons. The first kappa shape index (κ1) is 14.9. The highest BCUT2D eigenvalue weighted by atomic mass is 32.1. The summed E-state index contributed by atoms with van der Waals surface area (Å²) in [6.07, 6.45) is 4.13. The summed E-state index contributed by atoms with van der Waals surface area (Å²) >= 11 is 1.70. The van der Waals surface area contributed by atoms with E-state index in [1.165, 1.54) is 6.42 Å². The lowest BCUT2D eigenvalue weighted by Gasteiger charge is -2.24. The molecule has 5 nitrogen and oxygen atoms in total. The number of aromatic nitrogens is 1. The molecule has 1 aliphatic heterocycles. The van der Waals surface area contributed by atoms with Crippen LogP contribution in [0.1, 0.15) is 17.8 Å². The number of nitrogens with one attached hydrogen (secondary N) is 1. The zero-order valence-corrected chi connectivity index (χ0v) is 12.2. The Morgan fingerprint density at radius 3 is 3.05 bits per heavy atom. The minimum atomic E-state index is 0.597. The van der Waals surface area contributed by atoms with E-state index in [2.05, 4.69) is 15.2 Å². The second kappa shape index (κ2) is 7.91. The lowest BCUT2D eigenvalue weighted by molar-refractivity contribution is 0.243. The molecule has 0 saturated carbocycles. The van der Waals surface area contributed by atoms with Gasteiger partial charge in [0.1, 0.15) is 5.01 Å². The topological polar surface area (TPSA) is 80.2 Å². The highest BCUT2D eigenvalue weighted by Gasteiger charge is 2.30. The molecule has 1 saturated heterocycles. The van der Waals surface area contributed by atoms with Crippen LogP contribution in [0.4, 0.5) is 0 Å². The number of likely N-dealkylation sites (tertiary alicyclic amines) is 1. The van der Waals surface area contributed by atoms with Gasteiger partial charge >= 0.3 is 0 Å². The van der Waals surface area contributed by atoms with Crippen LogP contribution in [0.25, 0.3) is 0 Å². The minimum absolute atomic E-state index is 0.597. The van der Waals surface area contributed by atoms with Crippen LogP contribution < -0.4 is 16.8 Å². The Bertz CT molecular complexity index is 343. The van der Waals surface area contributed by atoms with Crippen molar-refractivity contribution in [2.24, 2.45) is 17.4 Å². The summed E-state index contributed by atoms with van der Waals surface area (Å²) in [5.41, 5.74) is 11.4. The van der Waals surface area contributed by atoms with Crippen molar-refractivity contribution < 1.29 is 0 Å². The van der Waals surface area contributed by atoms with Crippen molar-refractivity contribution in [1.82, 2.24) is 15.2 Å². The molecule has 0 spiro atoms. The van der Waals surface area contributed by atoms with Gasteiger partial charge in [0.15, 0.2) is 0 Å². The van der Waals surface area contributed by atoms with Crippen LogP contribution >= 0.6 is 11.3 Å². The quantitative estimate of drug-likeness (QED) is 0.636. The van der Waals surface area contributed by atoms with E-state index < -0.39 is 0 Å². The summed E-state index contributed by atoms with van der Waals surface area (Å²) in [6, 6.07) is 0.597. The molecule has 0 aliphatic carbocycles. The van der Waals surface area contributed by atoms with Gasteiger partial charge in [-0.25, -0.2) is 4.98 Å². The first-order valence-corrected chi connectivity index (χ1v) is 7.94. The highest BCUT2D eigenvalue weighted by Crippen LogP contribution is 2.22. The summed E-state index contributed by atoms with van der Waals surface area (Å²) in [7, 11) is 0. The molecule has 2 rings (SSSR count). The normalized spacial score (nSPS) is 24.1. The minimum Gasteiger partial charge on any atom is -0.330 e. The van der Waals surface area contributed by atoms with E-state index in [0.717, 1.165) is 50.7 Å². The Morgan fingerprint density at radius 1 is 1.47 bits per heavy atom. The lowest BCUT2D eigenvalue weighted by Crippen LogP contribution is -2.38. The van der Waals surface area contributed by atoms with Crippen molar-refractivity contribution in [2.75, 3.05) is 32.7 Å². The monoisotopic (exact) mass is 283 g/mol. The van der Waals surface area contributed by atoms with Crippen LogP contribution in [-0.2, 0) is 6.54 Å². The molecule has 0 bridgehead atoms. The molecule has 0 amide bonds. The Labute approximate surface area is 119 Å². The average Bonchev–Trinajstić information content (AvgIpc) is 3.06. The number of hydrogen-bond donors (Lipinski definition) is 3. The molecule has 6 heteroatoms. The van der Waals surface area contributed by atoms with Crippen LogP contribution in [0.5, 0.6) is 0 Å². The zero-order chi connectivity index (χ0) is 13.5. The van der Waals surface area contributed by atoms with Crippen molar-refractivity contribution in [1.29, 1.82) is 0 Å². The maximum atomic E-state index is 5.81. The molecule has 2 atom stereocenters. The molecule has 1 aliphatic rings. The van der Waals surface area contributed by atoms with Crippen molar-refractivity contribution in [2.45, 2.75) is 25.4 Å². The Balaban J connectivity index is 1.75. The highest BCUT2D eigenvalue weighted by molar-refractivity contribution is 7.09. The van der Waals surface area contributed by atoms with Gasteiger partial charge in [0.05, 0.1) is 0 Å². The van der Waals surface area contributed by atoms with Gasteiger partial charge in [0.2, 0.25) is 0 Å². The van der Waals surface area contributed by atoms with Crippen LogP contribution in [0, 0.1) is 5.92 Å². The molecular formula is C13H25N5S. The van der Waals surface area contributed by atoms with Crippen LogP contribution in [0.3, 0.4) is 0 Å². The summed E-state index contributed by atoms with van der Waals surface area (Å²) < 4.78 is 0. The number of rotatable bonds is 8. The molecule has 1 fully saturated rings. The summed E-state index contributed by atoms with van der Waals surface area (Å²) in [5.74, 6) is 0.643. The van der Waals surface area contributed by atoms with Crippen LogP contribution in [0.15, 0.2) is 11.6 Å². The summed E-state index contributed by atoms with van der Waals surface area (Å²) in [5, 5.41) is 6.69. The van der Waals surface area contributed by atoms with E-state index in [1.807, 2.05) is 11.6 Å². The van der Waals surface area contributed by atoms with Crippen molar-refractivity contribution in [3.05, 3.63) is 16.6 Å². The molecule has 2 heterocycles. The van der Waals surface area contributed by atoms with E-state index in [0.29, 0.717) is 12.0 Å². The van der Waals surface area contributed by atoms with Gasteiger partial charge in [-0.2, -0.15) is 0 Å². The van der Waals surface area contributed by atoms with Crippen molar-refractivity contribution in [3.63, 3.8) is 0 Å². The Morgan fingerprint density at radius 2 is 2.37 bits per heavy atom. The number of nitrogens with zero attached hydrogens (tertiary/aromatic N) is 2. The molecule has 19 heavy (non-hydrogen) atoms. The molecule has 2 unspecified atom stereocenters. The summed E-state index contributed by atoms with van der Waals surface area (Å²) in [6.45, 7) is 5.66. The molecular weight excluding hydrogens is 258 g/mol. The third-order valence-corrected chi connectivity index (χ3v) is 4.52. The molecule has 1 aromatic heterocycles. The predicted octanol–water partition coefficient (Wildman–Crippen LogP) is 0.231. The first-order chi connectivity index (χ1) is 9.33. The standard InChI is InChI=1S/C13H25N5S/c14-2-1-4-18-10-11(7-15)6-12(18)8-16-9-13-17-3-5-19-13/h3,5,11-12,16H,1-2,4,6-10,14-15H2. The second-order valence-electron chi connectivity index (χ2n) is 5.19. The molecule has 5 N–H and O–H groups in total. The van der Waals surface area contributed by atoms with E-state index in [9.17, 15) is 0 Å². The lowest BCUT2D eigenvalue weighted by atomic mass is 10.1. The zero-order valence-electron chi connectivity index (χ0n) is 11.4. The number of nitrogens with two attached hydrogens (primary N) is 2. The van der Waals surface area contributed by atoms with E-state index >= 15 is 0 Å². The maximum Gasteiger partial charge on any atom is 0.106 e. The van der Waals surface area contributed by atoms with Gasteiger partial charge < -0.3 is 16.8 Å². The summed E-state index contributed by atoms with van der Waals surface area (Å²) in [4.78, 5) is 6.83. The van der Waals surface area contributed by atoms with Gasteiger partial charge in [0.25, 0.3) is 0 Å². The third kappa shape index (κ3) is 4.50. The Kier molecular flexibility index (Phi) is 6.19. The average molecular weight is 283 g/mol. The largest absolute Gasteiger partial charge is 0.330 e. The fourth-order valence-electron chi connectivity index (χ4n) is 2.73. The number of hydrogen-bond acceptors (Lipinski definition) is 6. The molecule has 1 aromatic rings. The van der Waals surface area contributed by atoms with Crippen molar-refractivity contribution in [3.8, 4) is 0 Å². The SMILES string of the molecule is NCCCN1CC(CN)CC1CNCc1nccs1. The second-order valence-corrected chi connectivity index (χ2v) is 6.16. The smallest absolute Gasteiger partial charge is 0.106 e.